The van der Waals surface area contributed by atoms with E-state index in [-0.39, 0.29) is 15.7 Å². The summed E-state index contributed by atoms with van der Waals surface area (Å²) in [6.07, 6.45) is -3.19. The van der Waals surface area contributed by atoms with Gasteiger partial charge in [-0.3, -0.25) is 4.79 Å². The molecule has 0 fully saturated rings. The molecule has 0 bridgehead atoms. The topological polar surface area (TPSA) is 34.4 Å². The lowest BCUT2D eigenvalue weighted by molar-refractivity contribution is -0.137. The smallest absolute Gasteiger partial charge is 0.267 e. The van der Waals surface area contributed by atoms with E-state index in [1.165, 1.54) is 28.7 Å². The van der Waals surface area contributed by atoms with Gasteiger partial charge < -0.3 is 0 Å². The monoisotopic (exact) mass is 374 g/mol. The summed E-state index contributed by atoms with van der Waals surface area (Å²) in [6.45, 7) is 3.85. The Morgan fingerprint density at radius 3 is 2.62 bits per heavy atom. The fourth-order valence-corrected chi connectivity index (χ4v) is 4.10. The summed E-state index contributed by atoms with van der Waals surface area (Å²) in [6, 6.07) is 9.07. The molecule has 0 unspecified atom stereocenters. The number of hydrogen-bond acceptors (Lipinski definition) is 3. The van der Waals surface area contributed by atoms with Crippen LogP contribution >= 0.6 is 11.3 Å². The second-order valence-corrected chi connectivity index (χ2v) is 7.19. The summed E-state index contributed by atoms with van der Waals surface area (Å²) in [5.74, 6) is 0. The Kier molecular flexibility index (Phi) is 3.66. The number of hydrogen-bond donors (Lipinski definition) is 0. The highest BCUT2D eigenvalue weighted by Crippen LogP contribution is 2.32. The van der Waals surface area contributed by atoms with Gasteiger partial charge in [-0.2, -0.15) is 13.2 Å². The van der Waals surface area contributed by atoms with Crippen molar-refractivity contribution in [1.29, 1.82) is 0 Å². The van der Waals surface area contributed by atoms with Gasteiger partial charge in [-0.05, 0) is 48.7 Å². The zero-order chi connectivity index (χ0) is 18.6. The maximum absolute atomic E-state index is 13.2. The summed E-state index contributed by atoms with van der Waals surface area (Å²) in [7, 11) is 0. The Bertz CT molecular complexity index is 1270. The van der Waals surface area contributed by atoms with E-state index in [0.29, 0.717) is 10.5 Å². The van der Waals surface area contributed by atoms with E-state index in [4.69, 9.17) is 0 Å². The van der Waals surface area contributed by atoms with Crippen molar-refractivity contribution < 1.29 is 13.2 Å². The number of benzene rings is 2. The van der Waals surface area contributed by atoms with Gasteiger partial charge in [-0.1, -0.05) is 35.6 Å². The molecule has 2 aromatic heterocycles. The van der Waals surface area contributed by atoms with E-state index in [1.807, 2.05) is 26.0 Å². The molecule has 0 saturated carbocycles. The number of aromatic nitrogens is 2. The highest BCUT2D eigenvalue weighted by atomic mass is 32.1. The van der Waals surface area contributed by atoms with Gasteiger partial charge in [0.1, 0.15) is 0 Å². The van der Waals surface area contributed by atoms with Crippen LogP contribution in [0.5, 0.6) is 0 Å². The zero-order valence-corrected chi connectivity index (χ0v) is 14.7. The van der Waals surface area contributed by atoms with Crippen molar-refractivity contribution in [3.05, 3.63) is 73.5 Å². The van der Waals surface area contributed by atoms with Gasteiger partial charge in [0, 0.05) is 0 Å². The Morgan fingerprint density at radius 1 is 1.15 bits per heavy atom. The van der Waals surface area contributed by atoms with E-state index in [0.717, 1.165) is 34.0 Å². The quantitative estimate of drug-likeness (QED) is 0.503. The first-order chi connectivity index (χ1) is 12.3. The minimum Gasteiger partial charge on any atom is -0.267 e. The number of rotatable bonds is 1. The standard InChI is InChI=1S/C19H13F3N2OS/c1-10-7-11(2)16-14(8-10)24-17(25)15(26-18(24)23-16)9-12-5-3-4-6-13(12)19(20,21)22/h3-9H,1-2H3. The molecule has 0 atom stereocenters. The Hall–Kier alpha value is -2.67. The lowest BCUT2D eigenvalue weighted by Gasteiger charge is -2.09. The largest absolute Gasteiger partial charge is 0.416 e. The highest BCUT2D eigenvalue weighted by molar-refractivity contribution is 7.15. The Morgan fingerprint density at radius 2 is 1.88 bits per heavy atom. The van der Waals surface area contributed by atoms with Gasteiger partial charge >= 0.3 is 6.18 Å². The third-order valence-corrected chi connectivity index (χ3v) is 5.20. The lowest BCUT2D eigenvalue weighted by Crippen LogP contribution is -2.23. The summed E-state index contributed by atoms with van der Waals surface area (Å²) >= 11 is 1.09. The van der Waals surface area contributed by atoms with Crippen LogP contribution in [0.3, 0.4) is 0 Å². The van der Waals surface area contributed by atoms with E-state index < -0.39 is 11.7 Å². The van der Waals surface area contributed by atoms with Crippen LogP contribution in [0.4, 0.5) is 13.2 Å². The minimum absolute atomic E-state index is 0.0294. The van der Waals surface area contributed by atoms with Crippen LogP contribution in [0.2, 0.25) is 0 Å². The van der Waals surface area contributed by atoms with Crippen LogP contribution in [0.1, 0.15) is 22.3 Å². The second kappa shape index (κ2) is 5.67. The molecular weight excluding hydrogens is 361 g/mol. The van der Waals surface area contributed by atoms with Crippen molar-refractivity contribution in [2.75, 3.05) is 0 Å². The minimum atomic E-state index is -4.48. The van der Waals surface area contributed by atoms with Crippen LogP contribution in [-0.2, 0) is 6.18 Å². The van der Waals surface area contributed by atoms with Gasteiger partial charge in [-0.25, -0.2) is 9.38 Å². The molecule has 4 aromatic rings. The van der Waals surface area contributed by atoms with Crippen LogP contribution < -0.4 is 10.1 Å². The predicted octanol–water partition coefficient (Wildman–Crippen LogP) is 4.09. The Labute approximate surface area is 150 Å². The third-order valence-electron chi connectivity index (χ3n) is 4.23. The highest BCUT2D eigenvalue weighted by Gasteiger charge is 2.32. The average Bonchev–Trinajstić information content (AvgIpc) is 3.05. The van der Waals surface area contributed by atoms with Crippen LogP contribution in [0.15, 0.2) is 41.2 Å². The first-order valence-electron chi connectivity index (χ1n) is 7.86. The molecule has 0 radical (unpaired) electrons. The number of alkyl halides is 3. The van der Waals surface area contributed by atoms with E-state index in [2.05, 4.69) is 4.98 Å². The lowest BCUT2D eigenvalue weighted by atomic mass is 10.1. The SMILES string of the molecule is Cc1cc(C)c2nc3sc(=Cc4ccccc4C(F)(F)F)c(=O)n3c2c1. The Balaban J connectivity index is 2.02. The third kappa shape index (κ3) is 2.59. The molecule has 7 heteroatoms. The zero-order valence-electron chi connectivity index (χ0n) is 13.9. The van der Waals surface area contributed by atoms with Crippen molar-refractivity contribution in [1.82, 2.24) is 9.38 Å². The number of aryl methyl sites for hydroxylation is 2. The summed E-state index contributed by atoms with van der Waals surface area (Å²) in [5.41, 5.74) is 2.23. The first-order valence-corrected chi connectivity index (χ1v) is 8.67. The van der Waals surface area contributed by atoms with Crippen molar-refractivity contribution in [3.63, 3.8) is 0 Å². The number of halogens is 3. The van der Waals surface area contributed by atoms with Crippen LogP contribution in [-0.4, -0.2) is 9.38 Å². The summed E-state index contributed by atoms with van der Waals surface area (Å²) in [4.78, 5) is 17.8. The molecule has 0 spiro atoms. The maximum atomic E-state index is 13.2. The van der Waals surface area contributed by atoms with Gasteiger partial charge in [0.15, 0.2) is 4.96 Å². The number of fused-ring (bicyclic) bond motifs is 3. The van der Waals surface area contributed by atoms with Crippen molar-refractivity contribution in [3.8, 4) is 0 Å². The molecule has 0 N–H and O–H groups in total. The molecular formula is C19H13F3N2OS. The van der Waals surface area contributed by atoms with E-state index in [9.17, 15) is 18.0 Å². The molecule has 0 aliphatic carbocycles. The van der Waals surface area contributed by atoms with Crippen molar-refractivity contribution in [2.24, 2.45) is 0 Å². The number of nitrogens with zero attached hydrogens (tertiary/aromatic N) is 2. The van der Waals surface area contributed by atoms with Gasteiger partial charge in [0.25, 0.3) is 5.56 Å². The number of imidazole rings is 1. The van der Waals surface area contributed by atoms with Crippen LogP contribution in [0, 0.1) is 13.8 Å². The van der Waals surface area contributed by atoms with Gasteiger partial charge in [-0.15, -0.1) is 0 Å². The molecule has 2 aromatic carbocycles. The fraction of sp³-hybridized carbons (Fsp3) is 0.158. The second-order valence-electron chi connectivity index (χ2n) is 6.18. The summed E-state index contributed by atoms with van der Waals surface area (Å²) in [5, 5.41) is 0. The molecule has 0 aliphatic rings. The summed E-state index contributed by atoms with van der Waals surface area (Å²) < 4.78 is 41.2. The number of thiazole rings is 1. The first kappa shape index (κ1) is 16.8. The fourth-order valence-electron chi connectivity index (χ4n) is 3.13. The molecule has 26 heavy (non-hydrogen) atoms. The molecule has 4 rings (SSSR count). The molecule has 3 nitrogen and oxygen atoms in total. The predicted molar refractivity (Wildman–Crippen MR) is 96.5 cm³/mol. The van der Waals surface area contributed by atoms with Gasteiger partial charge in [0.2, 0.25) is 0 Å². The molecule has 0 aliphatic heterocycles. The maximum Gasteiger partial charge on any atom is 0.416 e. The van der Waals surface area contributed by atoms with Crippen molar-refractivity contribution in [2.45, 2.75) is 20.0 Å². The van der Waals surface area contributed by atoms with E-state index in [1.54, 1.807) is 0 Å². The van der Waals surface area contributed by atoms with Gasteiger partial charge in [0.05, 0.1) is 21.1 Å². The van der Waals surface area contributed by atoms with E-state index >= 15 is 0 Å². The molecule has 0 amide bonds. The average molecular weight is 374 g/mol. The molecule has 132 valence electrons. The molecule has 2 heterocycles. The normalized spacial score (nSPS) is 13.2. The molecule has 0 saturated heterocycles. The van der Waals surface area contributed by atoms with Crippen LogP contribution in [0.25, 0.3) is 22.1 Å². The van der Waals surface area contributed by atoms with Crippen molar-refractivity contribution >= 4 is 33.4 Å².